The fourth-order valence-corrected chi connectivity index (χ4v) is 3.98. The summed E-state index contributed by atoms with van der Waals surface area (Å²) in [6.07, 6.45) is 3.08. The number of hydrogen-bond donors (Lipinski definition) is 1. The van der Waals surface area contributed by atoms with Gasteiger partial charge in [-0.1, -0.05) is 31.2 Å². The van der Waals surface area contributed by atoms with Gasteiger partial charge in [0.05, 0.1) is 0 Å². The molecule has 2 amide bonds. The van der Waals surface area contributed by atoms with E-state index < -0.39 is 0 Å². The summed E-state index contributed by atoms with van der Waals surface area (Å²) in [5.41, 5.74) is 2.62. The van der Waals surface area contributed by atoms with Crippen LogP contribution in [0.3, 0.4) is 0 Å². The second-order valence-electron chi connectivity index (χ2n) is 7.30. The molecular formula is C19H26N2O2. The standard InChI is InChI=1S/C19H26N2O2/c1-14-5-3-4-6-16(14)15(2)11-18(23)21-9-7-19(8-10-21)12-17(22)20-13-19/h3-6,15H,7-13H2,1-2H3,(H,20,22)/t15-/m1/s1. The van der Waals surface area contributed by atoms with Crippen LogP contribution in [0.15, 0.2) is 24.3 Å². The quantitative estimate of drug-likeness (QED) is 0.932. The molecule has 0 saturated carbocycles. The summed E-state index contributed by atoms with van der Waals surface area (Å²) in [4.78, 5) is 26.1. The van der Waals surface area contributed by atoms with Gasteiger partial charge in [0.15, 0.2) is 0 Å². The fourth-order valence-electron chi connectivity index (χ4n) is 3.98. The van der Waals surface area contributed by atoms with Gasteiger partial charge in [-0.05, 0) is 42.2 Å². The van der Waals surface area contributed by atoms with E-state index in [9.17, 15) is 9.59 Å². The molecule has 3 rings (SSSR count). The lowest BCUT2D eigenvalue weighted by atomic mass is 9.77. The number of nitrogens with one attached hydrogen (secondary N) is 1. The minimum Gasteiger partial charge on any atom is -0.356 e. The minimum atomic E-state index is 0.107. The van der Waals surface area contributed by atoms with Crippen molar-refractivity contribution in [3.05, 3.63) is 35.4 Å². The van der Waals surface area contributed by atoms with E-state index in [4.69, 9.17) is 0 Å². The van der Waals surface area contributed by atoms with E-state index in [0.717, 1.165) is 32.5 Å². The third-order valence-electron chi connectivity index (χ3n) is 5.57. The Balaban J connectivity index is 1.56. The number of rotatable bonds is 3. The zero-order valence-electron chi connectivity index (χ0n) is 14.1. The molecule has 2 heterocycles. The third kappa shape index (κ3) is 3.41. The highest BCUT2D eigenvalue weighted by Gasteiger charge is 2.41. The third-order valence-corrected chi connectivity index (χ3v) is 5.57. The predicted molar refractivity (Wildman–Crippen MR) is 90.1 cm³/mol. The topological polar surface area (TPSA) is 49.4 Å². The van der Waals surface area contributed by atoms with E-state index in [-0.39, 0.29) is 23.1 Å². The molecule has 0 unspecified atom stereocenters. The highest BCUT2D eigenvalue weighted by molar-refractivity contribution is 5.80. The molecule has 1 spiro atoms. The van der Waals surface area contributed by atoms with Crippen molar-refractivity contribution in [2.24, 2.45) is 5.41 Å². The van der Waals surface area contributed by atoms with E-state index in [1.165, 1.54) is 11.1 Å². The molecule has 2 aliphatic heterocycles. The molecule has 1 N–H and O–H groups in total. The van der Waals surface area contributed by atoms with Gasteiger partial charge in [0.25, 0.3) is 0 Å². The molecule has 4 heteroatoms. The second-order valence-corrected chi connectivity index (χ2v) is 7.30. The minimum absolute atomic E-state index is 0.107. The van der Waals surface area contributed by atoms with Crippen LogP contribution in [0.1, 0.15) is 49.7 Å². The van der Waals surface area contributed by atoms with Crippen molar-refractivity contribution in [1.29, 1.82) is 0 Å². The largest absolute Gasteiger partial charge is 0.356 e. The fraction of sp³-hybridized carbons (Fsp3) is 0.579. The Morgan fingerprint density at radius 1 is 1.30 bits per heavy atom. The molecule has 2 fully saturated rings. The van der Waals surface area contributed by atoms with Gasteiger partial charge in [-0.2, -0.15) is 0 Å². The zero-order valence-corrected chi connectivity index (χ0v) is 14.1. The van der Waals surface area contributed by atoms with Crippen molar-refractivity contribution in [1.82, 2.24) is 10.2 Å². The highest BCUT2D eigenvalue weighted by Crippen LogP contribution is 2.37. The lowest BCUT2D eigenvalue weighted by molar-refractivity contribution is -0.133. The van der Waals surface area contributed by atoms with Crippen LogP contribution in [0.2, 0.25) is 0 Å². The Bertz CT molecular complexity index is 603. The van der Waals surface area contributed by atoms with Gasteiger partial charge in [0, 0.05) is 32.5 Å². The van der Waals surface area contributed by atoms with Crippen LogP contribution in [0, 0.1) is 12.3 Å². The van der Waals surface area contributed by atoms with Gasteiger partial charge in [0.1, 0.15) is 0 Å². The maximum Gasteiger partial charge on any atom is 0.223 e. The Hall–Kier alpha value is -1.84. The molecule has 0 aliphatic carbocycles. The average molecular weight is 314 g/mol. The summed E-state index contributed by atoms with van der Waals surface area (Å²) in [5, 5.41) is 2.94. The van der Waals surface area contributed by atoms with Crippen LogP contribution < -0.4 is 5.32 Å². The zero-order chi connectivity index (χ0) is 16.4. The summed E-state index contributed by atoms with van der Waals surface area (Å²) in [6.45, 7) is 6.59. The van der Waals surface area contributed by atoms with Crippen molar-refractivity contribution in [2.75, 3.05) is 19.6 Å². The normalized spacial score (nSPS) is 21.3. The first-order valence-corrected chi connectivity index (χ1v) is 8.59. The molecule has 2 saturated heterocycles. The van der Waals surface area contributed by atoms with Crippen molar-refractivity contribution in [3.63, 3.8) is 0 Å². The van der Waals surface area contributed by atoms with Crippen molar-refractivity contribution in [2.45, 2.75) is 45.4 Å². The SMILES string of the molecule is Cc1ccccc1[C@H](C)CC(=O)N1CCC2(CC1)CNC(=O)C2. The Morgan fingerprint density at radius 3 is 2.61 bits per heavy atom. The summed E-state index contributed by atoms with van der Waals surface area (Å²) in [6, 6.07) is 8.30. The first-order valence-electron chi connectivity index (χ1n) is 8.59. The molecule has 124 valence electrons. The van der Waals surface area contributed by atoms with Crippen LogP contribution in [-0.4, -0.2) is 36.3 Å². The first kappa shape index (κ1) is 16.0. The van der Waals surface area contributed by atoms with Gasteiger partial charge in [0.2, 0.25) is 11.8 Å². The molecule has 2 aliphatic rings. The van der Waals surface area contributed by atoms with Gasteiger partial charge < -0.3 is 10.2 Å². The maximum atomic E-state index is 12.6. The van der Waals surface area contributed by atoms with Crippen molar-refractivity contribution >= 4 is 11.8 Å². The Labute approximate surface area is 138 Å². The smallest absolute Gasteiger partial charge is 0.223 e. The summed E-state index contributed by atoms with van der Waals surface area (Å²) in [7, 11) is 0. The van der Waals surface area contributed by atoms with E-state index in [1.807, 2.05) is 17.0 Å². The molecule has 0 bridgehead atoms. The van der Waals surface area contributed by atoms with E-state index in [1.54, 1.807) is 0 Å². The van der Waals surface area contributed by atoms with Crippen molar-refractivity contribution < 1.29 is 9.59 Å². The maximum absolute atomic E-state index is 12.6. The van der Waals surface area contributed by atoms with Crippen molar-refractivity contribution in [3.8, 4) is 0 Å². The number of carbonyl (C=O) groups excluding carboxylic acids is 2. The number of nitrogens with zero attached hydrogens (tertiary/aromatic N) is 1. The second kappa shape index (κ2) is 6.34. The van der Waals surface area contributed by atoms with Gasteiger partial charge >= 0.3 is 0 Å². The van der Waals surface area contributed by atoms with Crippen LogP contribution in [-0.2, 0) is 9.59 Å². The molecule has 1 aromatic rings. The van der Waals surface area contributed by atoms with Crippen LogP contribution in [0.25, 0.3) is 0 Å². The summed E-state index contributed by atoms with van der Waals surface area (Å²) >= 11 is 0. The van der Waals surface area contributed by atoms with Crippen LogP contribution in [0.5, 0.6) is 0 Å². The molecule has 0 radical (unpaired) electrons. The lowest BCUT2D eigenvalue weighted by Gasteiger charge is -2.38. The number of aryl methyl sites for hydroxylation is 1. The molecule has 1 aromatic carbocycles. The molecule has 0 aromatic heterocycles. The van der Waals surface area contributed by atoms with Gasteiger partial charge in [-0.15, -0.1) is 0 Å². The Morgan fingerprint density at radius 2 is 2.00 bits per heavy atom. The van der Waals surface area contributed by atoms with Gasteiger partial charge in [-0.3, -0.25) is 9.59 Å². The van der Waals surface area contributed by atoms with Crippen LogP contribution in [0.4, 0.5) is 0 Å². The molecular weight excluding hydrogens is 288 g/mol. The number of amides is 2. The summed E-state index contributed by atoms with van der Waals surface area (Å²) in [5.74, 6) is 0.653. The molecule has 23 heavy (non-hydrogen) atoms. The summed E-state index contributed by atoms with van der Waals surface area (Å²) < 4.78 is 0. The number of carbonyl (C=O) groups is 2. The molecule has 4 nitrogen and oxygen atoms in total. The average Bonchev–Trinajstić information content (AvgIpc) is 2.89. The van der Waals surface area contributed by atoms with E-state index >= 15 is 0 Å². The first-order chi connectivity index (χ1) is 11.0. The molecule has 1 atom stereocenters. The monoisotopic (exact) mass is 314 g/mol. The number of benzene rings is 1. The lowest BCUT2D eigenvalue weighted by Crippen LogP contribution is -2.44. The van der Waals surface area contributed by atoms with Gasteiger partial charge in [-0.25, -0.2) is 0 Å². The highest BCUT2D eigenvalue weighted by atomic mass is 16.2. The number of hydrogen-bond acceptors (Lipinski definition) is 2. The van der Waals surface area contributed by atoms with Crippen LogP contribution >= 0.6 is 0 Å². The predicted octanol–water partition coefficient (Wildman–Crippen LogP) is 2.62. The number of piperidine rings is 1. The Kier molecular flexibility index (Phi) is 4.42. The van der Waals surface area contributed by atoms with E-state index in [2.05, 4.69) is 31.3 Å². The van der Waals surface area contributed by atoms with E-state index in [0.29, 0.717) is 12.8 Å². The number of likely N-dealkylation sites (tertiary alicyclic amines) is 1.